The predicted octanol–water partition coefficient (Wildman–Crippen LogP) is 1.22. The van der Waals surface area contributed by atoms with Crippen molar-refractivity contribution in [3.05, 3.63) is 23.8 Å². The van der Waals surface area contributed by atoms with E-state index in [1.165, 1.54) is 6.92 Å². The highest BCUT2D eigenvalue weighted by molar-refractivity contribution is 5.84. The molecule has 0 saturated carbocycles. The molecule has 0 aromatic heterocycles. The minimum atomic E-state index is -0.125. The fourth-order valence-electron chi connectivity index (χ4n) is 3.05. The number of ether oxygens (including phenoxy) is 2. The molecule has 7 heteroatoms. The first kappa shape index (κ1) is 20.0. The van der Waals surface area contributed by atoms with Crippen LogP contribution in [0.5, 0.6) is 11.5 Å². The number of amides is 2. The zero-order valence-corrected chi connectivity index (χ0v) is 16.2. The third kappa shape index (κ3) is 5.11. The summed E-state index contributed by atoms with van der Waals surface area (Å²) in [5, 5.41) is 0. The van der Waals surface area contributed by atoms with E-state index in [9.17, 15) is 9.59 Å². The molecule has 1 aliphatic rings. The van der Waals surface area contributed by atoms with Crippen LogP contribution >= 0.6 is 0 Å². The molecule has 1 saturated heterocycles. The largest absolute Gasteiger partial charge is 0.493 e. The Hall–Kier alpha value is -2.28. The molecule has 7 nitrogen and oxygen atoms in total. The van der Waals surface area contributed by atoms with Crippen LogP contribution in [0, 0.1) is 0 Å². The summed E-state index contributed by atoms with van der Waals surface area (Å²) in [6, 6.07) is 5.51. The van der Waals surface area contributed by atoms with Crippen molar-refractivity contribution in [1.82, 2.24) is 14.7 Å². The highest BCUT2D eigenvalue weighted by Gasteiger charge is 2.23. The Labute approximate surface area is 155 Å². The third-order valence-corrected chi connectivity index (χ3v) is 4.77. The number of carbonyl (C=O) groups excluding carboxylic acids is 2. The van der Waals surface area contributed by atoms with E-state index >= 15 is 0 Å². The summed E-state index contributed by atoms with van der Waals surface area (Å²) in [5.41, 5.74) is 0.890. The summed E-state index contributed by atoms with van der Waals surface area (Å²) in [5.74, 6) is 1.11. The van der Waals surface area contributed by atoms with Gasteiger partial charge < -0.3 is 24.2 Å². The van der Waals surface area contributed by atoms with Gasteiger partial charge in [0.2, 0.25) is 11.8 Å². The van der Waals surface area contributed by atoms with Crippen LogP contribution in [0.25, 0.3) is 0 Å². The topological polar surface area (TPSA) is 62.3 Å². The summed E-state index contributed by atoms with van der Waals surface area (Å²) in [4.78, 5) is 30.3. The number of methoxy groups -OCH3 is 2. The Morgan fingerprint density at radius 1 is 1.08 bits per heavy atom. The van der Waals surface area contributed by atoms with Crippen molar-refractivity contribution in [1.29, 1.82) is 0 Å². The van der Waals surface area contributed by atoms with E-state index < -0.39 is 0 Å². The Kier molecular flexibility index (Phi) is 7.26. The molecule has 0 aliphatic carbocycles. The number of hydrogen-bond donors (Lipinski definition) is 0. The second-order valence-corrected chi connectivity index (χ2v) is 6.38. The maximum Gasteiger partial charge on any atom is 0.242 e. The lowest BCUT2D eigenvalue weighted by Crippen LogP contribution is -2.51. The Balaban J connectivity index is 2.01. The van der Waals surface area contributed by atoms with Crippen molar-refractivity contribution < 1.29 is 19.1 Å². The van der Waals surface area contributed by atoms with Crippen LogP contribution in [-0.4, -0.2) is 80.0 Å². The Morgan fingerprint density at radius 3 is 2.27 bits per heavy atom. The fraction of sp³-hybridized carbons (Fsp3) is 0.579. The first-order chi connectivity index (χ1) is 12.5. The number of carbonyl (C=O) groups is 2. The van der Waals surface area contributed by atoms with Gasteiger partial charge in [0.25, 0.3) is 0 Å². The van der Waals surface area contributed by atoms with E-state index in [-0.39, 0.29) is 18.4 Å². The smallest absolute Gasteiger partial charge is 0.242 e. The lowest BCUT2D eigenvalue weighted by molar-refractivity contribution is -0.140. The van der Waals surface area contributed by atoms with Gasteiger partial charge in [-0.05, 0) is 24.2 Å². The van der Waals surface area contributed by atoms with Crippen LogP contribution in [0.15, 0.2) is 18.2 Å². The second-order valence-electron chi connectivity index (χ2n) is 6.38. The van der Waals surface area contributed by atoms with Crippen molar-refractivity contribution in [2.45, 2.75) is 20.4 Å². The van der Waals surface area contributed by atoms with Gasteiger partial charge in [-0.2, -0.15) is 0 Å². The summed E-state index contributed by atoms with van der Waals surface area (Å²) in [6.07, 6.45) is 0. The van der Waals surface area contributed by atoms with Crippen LogP contribution in [0.3, 0.4) is 0 Å². The SMILES string of the molecule is CCN1CCN(C(=O)CN(Cc2ccc(OC)c(OC)c2)C(C)=O)CC1. The molecular weight excluding hydrogens is 334 g/mol. The normalized spacial score (nSPS) is 14.8. The average molecular weight is 363 g/mol. The number of nitrogens with zero attached hydrogens (tertiary/aromatic N) is 3. The van der Waals surface area contributed by atoms with Crippen molar-refractivity contribution >= 4 is 11.8 Å². The maximum atomic E-state index is 12.6. The highest BCUT2D eigenvalue weighted by Crippen LogP contribution is 2.28. The molecule has 144 valence electrons. The number of likely N-dealkylation sites (N-methyl/N-ethyl adjacent to an activating group) is 1. The minimum Gasteiger partial charge on any atom is -0.493 e. The minimum absolute atomic E-state index is 0.00331. The van der Waals surface area contributed by atoms with Gasteiger partial charge in [0, 0.05) is 39.6 Å². The molecule has 1 aliphatic heterocycles. The van der Waals surface area contributed by atoms with Crippen molar-refractivity contribution in [2.75, 3.05) is 53.5 Å². The van der Waals surface area contributed by atoms with Crippen LogP contribution in [-0.2, 0) is 16.1 Å². The average Bonchev–Trinajstić information content (AvgIpc) is 2.67. The summed E-state index contributed by atoms with van der Waals surface area (Å²) in [7, 11) is 3.15. The summed E-state index contributed by atoms with van der Waals surface area (Å²) >= 11 is 0. The summed E-state index contributed by atoms with van der Waals surface area (Å²) in [6.45, 7) is 8.27. The first-order valence-electron chi connectivity index (χ1n) is 8.95. The molecule has 1 aromatic carbocycles. The number of piperazine rings is 1. The fourth-order valence-corrected chi connectivity index (χ4v) is 3.05. The second kappa shape index (κ2) is 9.43. The molecule has 0 radical (unpaired) electrons. The number of rotatable bonds is 7. The molecule has 0 atom stereocenters. The van der Waals surface area contributed by atoms with Crippen LogP contribution < -0.4 is 9.47 Å². The monoisotopic (exact) mass is 363 g/mol. The lowest BCUT2D eigenvalue weighted by Gasteiger charge is -2.35. The first-order valence-corrected chi connectivity index (χ1v) is 8.95. The van der Waals surface area contributed by atoms with Gasteiger partial charge in [-0.15, -0.1) is 0 Å². The lowest BCUT2D eigenvalue weighted by atomic mass is 10.2. The van der Waals surface area contributed by atoms with Crippen molar-refractivity contribution in [2.24, 2.45) is 0 Å². The molecular formula is C19H29N3O4. The molecule has 1 aromatic rings. The van der Waals surface area contributed by atoms with Gasteiger partial charge in [0.1, 0.15) is 6.54 Å². The van der Waals surface area contributed by atoms with Crippen LogP contribution in [0.2, 0.25) is 0 Å². The van der Waals surface area contributed by atoms with Gasteiger partial charge in [0.15, 0.2) is 11.5 Å². The van der Waals surface area contributed by atoms with Gasteiger partial charge in [-0.25, -0.2) is 0 Å². The zero-order valence-electron chi connectivity index (χ0n) is 16.2. The Bertz CT molecular complexity index is 627. The number of benzene rings is 1. The van der Waals surface area contributed by atoms with E-state index in [0.29, 0.717) is 18.0 Å². The van der Waals surface area contributed by atoms with Gasteiger partial charge in [-0.1, -0.05) is 13.0 Å². The van der Waals surface area contributed by atoms with Crippen molar-refractivity contribution in [3.8, 4) is 11.5 Å². The molecule has 1 heterocycles. The molecule has 0 unspecified atom stereocenters. The zero-order chi connectivity index (χ0) is 19.1. The Morgan fingerprint density at radius 2 is 1.73 bits per heavy atom. The van der Waals surface area contributed by atoms with Crippen LogP contribution in [0.4, 0.5) is 0 Å². The highest BCUT2D eigenvalue weighted by atomic mass is 16.5. The van der Waals surface area contributed by atoms with Crippen molar-refractivity contribution in [3.63, 3.8) is 0 Å². The van der Waals surface area contributed by atoms with E-state index in [1.807, 2.05) is 17.0 Å². The third-order valence-electron chi connectivity index (χ3n) is 4.77. The van der Waals surface area contributed by atoms with Crippen LogP contribution in [0.1, 0.15) is 19.4 Å². The van der Waals surface area contributed by atoms with Gasteiger partial charge >= 0.3 is 0 Å². The standard InChI is InChI=1S/C19H29N3O4/c1-5-20-8-10-21(11-9-20)19(24)14-22(15(2)23)13-16-6-7-17(25-3)18(12-16)26-4/h6-7,12H,5,8-11,13-14H2,1-4H3. The molecule has 0 N–H and O–H groups in total. The molecule has 2 amide bonds. The molecule has 0 spiro atoms. The predicted molar refractivity (Wildman–Crippen MR) is 99.3 cm³/mol. The molecule has 2 rings (SSSR count). The maximum absolute atomic E-state index is 12.6. The van der Waals surface area contributed by atoms with E-state index in [0.717, 1.165) is 38.3 Å². The van der Waals surface area contributed by atoms with E-state index in [4.69, 9.17) is 9.47 Å². The van der Waals surface area contributed by atoms with Gasteiger partial charge in [0.05, 0.1) is 14.2 Å². The van der Waals surface area contributed by atoms with E-state index in [1.54, 1.807) is 25.2 Å². The quantitative estimate of drug-likeness (QED) is 0.729. The van der Waals surface area contributed by atoms with Gasteiger partial charge in [-0.3, -0.25) is 9.59 Å². The molecule has 0 bridgehead atoms. The molecule has 26 heavy (non-hydrogen) atoms. The summed E-state index contributed by atoms with van der Waals surface area (Å²) < 4.78 is 10.5. The number of hydrogen-bond acceptors (Lipinski definition) is 5. The molecule has 1 fully saturated rings. The van der Waals surface area contributed by atoms with E-state index in [2.05, 4.69) is 11.8 Å².